The van der Waals surface area contributed by atoms with E-state index in [1.165, 1.54) is 21.3 Å². The molecule has 0 aromatic heterocycles. The number of alkyl halides is 2. The molecule has 2 heterocycles. The molecule has 2 aliphatic heterocycles. The van der Waals surface area contributed by atoms with Gasteiger partial charge in [0.25, 0.3) is 5.92 Å². The zero-order valence-electron chi connectivity index (χ0n) is 14.2. The van der Waals surface area contributed by atoms with Crippen molar-refractivity contribution in [2.24, 2.45) is 5.92 Å². The third-order valence-electron chi connectivity index (χ3n) is 4.97. The Hall–Kier alpha value is -1.06. The molecule has 0 bridgehead atoms. The van der Waals surface area contributed by atoms with Gasteiger partial charge in [0.05, 0.1) is 10.8 Å². The summed E-state index contributed by atoms with van der Waals surface area (Å²) in [5, 5.41) is 0. The van der Waals surface area contributed by atoms with Crippen LogP contribution in [0.15, 0.2) is 33.6 Å². The Kier molecular flexibility index (Phi) is 5.69. The van der Waals surface area contributed by atoms with Crippen molar-refractivity contribution < 1.29 is 22.0 Å². The van der Waals surface area contributed by atoms with Crippen molar-refractivity contribution >= 4 is 31.9 Å². The monoisotopic (exact) mass is 450 g/mol. The first kappa shape index (κ1) is 19.7. The second-order valence-electron chi connectivity index (χ2n) is 6.84. The Morgan fingerprint density at radius 2 is 1.88 bits per heavy atom. The maximum Gasteiger partial charge on any atom is 0.251 e. The fourth-order valence-electron chi connectivity index (χ4n) is 3.45. The lowest BCUT2D eigenvalue weighted by Crippen LogP contribution is -2.49. The third-order valence-corrected chi connectivity index (χ3v) is 7.33. The normalized spacial score (nSPS) is 24.4. The largest absolute Gasteiger partial charge is 0.342 e. The lowest BCUT2D eigenvalue weighted by atomic mass is 9.96. The van der Waals surface area contributed by atoms with Crippen LogP contribution in [0.1, 0.15) is 25.7 Å². The van der Waals surface area contributed by atoms with Crippen molar-refractivity contribution in [2.45, 2.75) is 36.5 Å². The van der Waals surface area contributed by atoms with Crippen LogP contribution in [0.2, 0.25) is 0 Å². The highest BCUT2D eigenvalue weighted by atomic mass is 79.9. The van der Waals surface area contributed by atoms with Crippen LogP contribution in [0.5, 0.6) is 0 Å². The molecule has 0 N–H and O–H groups in total. The van der Waals surface area contributed by atoms with Crippen molar-refractivity contribution in [1.29, 1.82) is 0 Å². The first-order chi connectivity index (χ1) is 12.2. The molecule has 2 fully saturated rings. The summed E-state index contributed by atoms with van der Waals surface area (Å²) < 4.78 is 54.3. The van der Waals surface area contributed by atoms with Gasteiger partial charge in [0.2, 0.25) is 15.9 Å². The topological polar surface area (TPSA) is 57.7 Å². The molecule has 2 saturated heterocycles. The minimum absolute atomic E-state index is 0.0285. The number of carbonyl (C=O) groups is 1. The summed E-state index contributed by atoms with van der Waals surface area (Å²) in [7, 11) is -3.69. The van der Waals surface area contributed by atoms with Gasteiger partial charge >= 0.3 is 0 Å². The predicted molar refractivity (Wildman–Crippen MR) is 96.4 cm³/mol. The molecule has 1 aromatic carbocycles. The van der Waals surface area contributed by atoms with Gasteiger partial charge in [-0.25, -0.2) is 17.2 Å². The molecule has 0 aliphatic carbocycles. The van der Waals surface area contributed by atoms with Gasteiger partial charge in [-0.05, 0) is 31.0 Å². The number of nitrogens with zero attached hydrogens (tertiary/aromatic N) is 2. The van der Waals surface area contributed by atoms with E-state index in [2.05, 4.69) is 15.9 Å². The Balaban J connectivity index is 1.70. The van der Waals surface area contributed by atoms with Gasteiger partial charge in [-0.15, -0.1) is 0 Å². The van der Waals surface area contributed by atoms with Crippen molar-refractivity contribution in [1.82, 2.24) is 9.21 Å². The molecule has 0 spiro atoms. The minimum Gasteiger partial charge on any atom is -0.342 e. The fraction of sp³-hybridized carbons (Fsp3) is 0.588. The summed E-state index contributed by atoms with van der Waals surface area (Å²) in [5.74, 6) is -3.40. The standard InChI is InChI=1S/C17H21BrF2N2O3S/c18-14-4-1-5-15(11-14)26(24,25)22-8-2-3-13(12-22)16(23)21-9-6-17(19,20)7-10-21/h1,4-5,11,13H,2-3,6-10,12H2. The number of sulfonamides is 1. The Morgan fingerprint density at radius 1 is 1.19 bits per heavy atom. The van der Waals surface area contributed by atoms with Crippen LogP contribution >= 0.6 is 15.9 Å². The smallest absolute Gasteiger partial charge is 0.251 e. The first-order valence-electron chi connectivity index (χ1n) is 8.61. The number of carbonyl (C=O) groups excluding carboxylic acids is 1. The molecule has 1 unspecified atom stereocenters. The van der Waals surface area contributed by atoms with Crippen LogP contribution in [0, 0.1) is 5.92 Å². The van der Waals surface area contributed by atoms with Crippen LogP contribution < -0.4 is 0 Å². The van der Waals surface area contributed by atoms with E-state index in [1.807, 2.05) is 0 Å². The van der Waals surface area contributed by atoms with E-state index in [9.17, 15) is 22.0 Å². The molecule has 1 atom stereocenters. The number of rotatable bonds is 3. The van der Waals surface area contributed by atoms with Gasteiger partial charge in [0.15, 0.2) is 0 Å². The SMILES string of the molecule is O=C(C1CCCN(S(=O)(=O)c2cccc(Br)c2)C1)N1CCC(F)(F)CC1. The van der Waals surface area contributed by atoms with Gasteiger partial charge in [-0.2, -0.15) is 4.31 Å². The molecular formula is C17H21BrF2N2O3S. The maximum absolute atomic E-state index is 13.3. The van der Waals surface area contributed by atoms with E-state index in [0.717, 1.165) is 0 Å². The van der Waals surface area contributed by atoms with E-state index < -0.39 is 21.9 Å². The molecule has 0 radical (unpaired) electrons. The third kappa shape index (κ3) is 4.26. The molecule has 9 heteroatoms. The quantitative estimate of drug-likeness (QED) is 0.710. The van der Waals surface area contributed by atoms with Crippen molar-refractivity contribution in [2.75, 3.05) is 26.2 Å². The van der Waals surface area contributed by atoms with E-state index in [-0.39, 0.29) is 43.3 Å². The maximum atomic E-state index is 13.3. The summed E-state index contributed by atoms with van der Waals surface area (Å²) in [6.45, 7) is 0.513. The molecule has 0 saturated carbocycles. The average molecular weight is 451 g/mol. The number of hydrogen-bond acceptors (Lipinski definition) is 3. The van der Waals surface area contributed by atoms with E-state index in [4.69, 9.17) is 0 Å². The summed E-state index contributed by atoms with van der Waals surface area (Å²) >= 11 is 3.27. The van der Waals surface area contributed by atoms with Crippen LogP contribution in [-0.4, -0.2) is 55.6 Å². The Labute approximate surface area is 160 Å². The number of halogens is 3. The van der Waals surface area contributed by atoms with Gasteiger partial charge in [0, 0.05) is 43.5 Å². The zero-order chi connectivity index (χ0) is 18.9. The average Bonchev–Trinajstić information content (AvgIpc) is 2.61. The van der Waals surface area contributed by atoms with Gasteiger partial charge in [-0.3, -0.25) is 4.79 Å². The summed E-state index contributed by atoms with van der Waals surface area (Å²) in [4.78, 5) is 14.3. The van der Waals surface area contributed by atoms with Crippen LogP contribution in [-0.2, 0) is 14.8 Å². The zero-order valence-corrected chi connectivity index (χ0v) is 16.6. The van der Waals surface area contributed by atoms with Gasteiger partial charge in [-0.1, -0.05) is 22.0 Å². The number of piperidine rings is 2. The van der Waals surface area contributed by atoms with Gasteiger partial charge in [0.1, 0.15) is 0 Å². The second-order valence-corrected chi connectivity index (χ2v) is 9.69. The molecule has 3 rings (SSSR count). The van der Waals surface area contributed by atoms with E-state index >= 15 is 0 Å². The highest BCUT2D eigenvalue weighted by molar-refractivity contribution is 9.10. The first-order valence-corrected chi connectivity index (χ1v) is 10.8. The lowest BCUT2D eigenvalue weighted by Gasteiger charge is -2.37. The molecule has 1 aromatic rings. The van der Waals surface area contributed by atoms with Gasteiger partial charge < -0.3 is 4.90 Å². The van der Waals surface area contributed by atoms with E-state index in [0.29, 0.717) is 23.9 Å². The summed E-state index contributed by atoms with van der Waals surface area (Å²) in [6, 6.07) is 6.46. The summed E-state index contributed by atoms with van der Waals surface area (Å²) in [5.41, 5.74) is 0. The van der Waals surface area contributed by atoms with Crippen molar-refractivity contribution in [3.8, 4) is 0 Å². The lowest BCUT2D eigenvalue weighted by molar-refractivity contribution is -0.142. The Bertz CT molecular complexity index is 778. The second kappa shape index (κ2) is 7.52. The summed E-state index contributed by atoms with van der Waals surface area (Å²) in [6.07, 6.45) is 0.501. The molecular weight excluding hydrogens is 430 g/mol. The molecule has 1 amide bonds. The van der Waals surface area contributed by atoms with Crippen LogP contribution in [0.4, 0.5) is 8.78 Å². The molecule has 5 nitrogen and oxygen atoms in total. The number of hydrogen-bond donors (Lipinski definition) is 0. The van der Waals surface area contributed by atoms with Crippen LogP contribution in [0.3, 0.4) is 0 Å². The predicted octanol–water partition coefficient (Wildman–Crippen LogP) is 3.11. The Morgan fingerprint density at radius 3 is 2.54 bits per heavy atom. The minimum atomic E-state index is -3.69. The van der Waals surface area contributed by atoms with Crippen molar-refractivity contribution in [3.63, 3.8) is 0 Å². The van der Waals surface area contributed by atoms with Crippen LogP contribution in [0.25, 0.3) is 0 Å². The number of likely N-dealkylation sites (tertiary alicyclic amines) is 1. The highest BCUT2D eigenvalue weighted by Crippen LogP contribution is 2.30. The molecule has 144 valence electrons. The number of amides is 1. The molecule has 26 heavy (non-hydrogen) atoms. The number of benzene rings is 1. The fourth-order valence-corrected chi connectivity index (χ4v) is 5.57. The van der Waals surface area contributed by atoms with E-state index in [1.54, 1.807) is 12.1 Å². The molecule has 2 aliphatic rings. The highest BCUT2D eigenvalue weighted by Gasteiger charge is 2.39. The van der Waals surface area contributed by atoms with Crippen molar-refractivity contribution in [3.05, 3.63) is 28.7 Å².